The fourth-order valence-electron chi connectivity index (χ4n) is 2.75. The molecule has 2 aromatic heterocycles. The van der Waals surface area contributed by atoms with Gasteiger partial charge in [-0.1, -0.05) is 36.4 Å². The Kier molecular flexibility index (Phi) is 3.90. The van der Waals surface area contributed by atoms with E-state index in [2.05, 4.69) is 4.98 Å². The highest BCUT2D eigenvalue weighted by Crippen LogP contribution is 2.33. The number of rotatable bonds is 4. The fourth-order valence-corrected chi connectivity index (χ4v) is 2.75. The maximum absolute atomic E-state index is 14.9. The maximum atomic E-state index is 14.9. The van der Waals surface area contributed by atoms with E-state index < -0.39 is 11.6 Å². The first-order valence-electron chi connectivity index (χ1n) is 7.80. The quantitative estimate of drug-likeness (QED) is 0.517. The summed E-state index contributed by atoms with van der Waals surface area (Å²) < 4.78 is 36.6. The summed E-state index contributed by atoms with van der Waals surface area (Å²) in [6.07, 6.45) is 4.92. The zero-order valence-corrected chi connectivity index (χ0v) is 13.2. The second-order valence-electron chi connectivity index (χ2n) is 5.66. The molecule has 4 rings (SSSR count). The number of hydrogen-bond acceptors (Lipinski definition) is 2. The van der Waals surface area contributed by atoms with Crippen molar-refractivity contribution >= 4 is 0 Å². The van der Waals surface area contributed by atoms with Gasteiger partial charge in [0.15, 0.2) is 0 Å². The first kappa shape index (κ1) is 15.3. The Morgan fingerprint density at radius 2 is 1.72 bits per heavy atom. The van der Waals surface area contributed by atoms with Gasteiger partial charge in [0.05, 0.1) is 18.4 Å². The van der Waals surface area contributed by atoms with Gasteiger partial charge in [0, 0.05) is 23.5 Å². The number of aromatic nitrogens is 2. The maximum Gasteiger partial charge on any atom is 0.142 e. The minimum Gasteiger partial charge on any atom is -0.456 e. The van der Waals surface area contributed by atoms with Crippen molar-refractivity contribution < 1.29 is 13.2 Å². The fraction of sp³-hybridized carbons (Fsp3) is 0.0500. The first-order valence-corrected chi connectivity index (χ1v) is 7.80. The highest BCUT2D eigenvalue weighted by atomic mass is 19.1. The van der Waals surface area contributed by atoms with Crippen LogP contribution in [0.5, 0.6) is 0 Å². The standard InChI is InChI=1S/C20H14F2N2O/c21-16-7-6-15(12-24-11-10-23-13-24)20(22)19(16)18-9-8-17(25-18)14-4-2-1-3-5-14/h1-11,13H,12H2. The van der Waals surface area contributed by atoms with Crippen LogP contribution in [0.3, 0.4) is 0 Å². The second kappa shape index (κ2) is 6.36. The summed E-state index contributed by atoms with van der Waals surface area (Å²) in [7, 11) is 0. The van der Waals surface area contributed by atoms with Crippen LogP contribution in [0.1, 0.15) is 5.56 Å². The second-order valence-corrected chi connectivity index (χ2v) is 5.66. The third kappa shape index (κ3) is 2.96. The van der Waals surface area contributed by atoms with Crippen molar-refractivity contribution in [2.75, 3.05) is 0 Å². The number of benzene rings is 2. The summed E-state index contributed by atoms with van der Waals surface area (Å²) in [5.41, 5.74) is 1.07. The molecular formula is C20H14F2N2O. The summed E-state index contributed by atoms with van der Waals surface area (Å²) in [6.45, 7) is 0.269. The van der Waals surface area contributed by atoms with Gasteiger partial charge >= 0.3 is 0 Å². The van der Waals surface area contributed by atoms with Crippen LogP contribution in [-0.2, 0) is 6.54 Å². The Morgan fingerprint density at radius 1 is 0.920 bits per heavy atom. The molecule has 0 bridgehead atoms. The molecule has 0 spiro atoms. The van der Waals surface area contributed by atoms with Crippen molar-refractivity contribution in [2.45, 2.75) is 6.54 Å². The summed E-state index contributed by atoms with van der Waals surface area (Å²) in [4.78, 5) is 3.93. The van der Waals surface area contributed by atoms with Crippen molar-refractivity contribution in [1.82, 2.24) is 9.55 Å². The zero-order valence-electron chi connectivity index (χ0n) is 13.2. The van der Waals surface area contributed by atoms with Crippen LogP contribution >= 0.6 is 0 Å². The lowest BCUT2D eigenvalue weighted by molar-refractivity contribution is 0.546. The molecule has 0 amide bonds. The SMILES string of the molecule is Fc1ccc(Cn2ccnc2)c(F)c1-c1ccc(-c2ccccc2)o1. The van der Waals surface area contributed by atoms with Gasteiger partial charge in [-0.2, -0.15) is 0 Å². The summed E-state index contributed by atoms with van der Waals surface area (Å²) >= 11 is 0. The van der Waals surface area contributed by atoms with Crippen LogP contribution in [0.25, 0.3) is 22.6 Å². The average molecular weight is 336 g/mol. The van der Waals surface area contributed by atoms with Crippen LogP contribution in [0, 0.1) is 11.6 Å². The predicted molar refractivity (Wildman–Crippen MR) is 90.8 cm³/mol. The normalized spacial score (nSPS) is 11.0. The van der Waals surface area contributed by atoms with Gasteiger partial charge in [-0.3, -0.25) is 0 Å². The van der Waals surface area contributed by atoms with Crippen molar-refractivity contribution in [3.05, 3.63) is 90.5 Å². The zero-order chi connectivity index (χ0) is 17.2. The molecule has 0 N–H and O–H groups in total. The lowest BCUT2D eigenvalue weighted by Crippen LogP contribution is -2.02. The average Bonchev–Trinajstić information content (AvgIpc) is 3.31. The van der Waals surface area contributed by atoms with Crippen LogP contribution in [0.15, 0.2) is 77.7 Å². The molecule has 5 heteroatoms. The monoisotopic (exact) mass is 336 g/mol. The first-order chi connectivity index (χ1) is 12.2. The predicted octanol–water partition coefficient (Wildman–Crippen LogP) is 5.14. The molecule has 0 saturated heterocycles. The highest BCUT2D eigenvalue weighted by Gasteiger charge is 2.19. The summed E-state index contributed by atoms with van der Waals surface area (Å²) in [5, 5.41) is 0. The molecule has 2 heterocycles. The van der Waals surface area contributed by atoms with Gasteiger partial charge in [0.2, 0.25) is 0 Å². The van der Waals surface area contributed by atoms with E-state index in [9.17, 15) is 8.78 Å². The minimum atomic E-state index is -0.652. The molecule has 0 fully saturated rings. The summed E-state index contributed by atoms with van der Waals surface area (Å²) in [6, 6.07) is 15.4. The smallest absolute Gasteiger partial charge is 0.142 e. The molecule has 3 nitrogen and oxygen atoms in total. The molecule has 0 aliphatic heterocycles. The molecule has 0 aliphatic carbocycles. The van der Waals surface area contributed by atoms with Crippen LogP contribution in [0.4, 0.5) is 8.78 Å². The number of furan rings is 1. The highest BCUT2D eigenvalue weighted by molar-refractivity contribution is 5.66. The largest absolute Gasteiger partial charge is 0.456 e. The Hall–Kier alpha value is -3.21. The lowest BCUT2D eigenvalue weighted by atomic mass is 10.1. The molecule has 0 atom stereocenters. The number of imidazole rings is 1. The molecule has 0 unspecified atom stereocenters. The molecule has 0 aliphatic rings. The molecule has 0 saturated carbocycles. The van der Waals surface area contributed by atoms with E-state index in [4.69, 9.17) is 4.42 Å². The number of nitrogens with zero attached hydrogens (tertiary/aromatic N) is 2. The third-order valence-electron chi connectivity index (χ3n) is 3.99. The van der Waals surface area contributed by atoms with E-state index in [1.165, 1.54) is 12.1 Å². The van der Waals surface area contributed by atoms with Crippen molar-refractivity contribution in [2.24, 2.45) is 0 Å². The van der Waals surface area contributed by atoms with E-state index in [0.29, 0.717) is 11.3 Å². The number of hydrogen-bond donors (Lipinski definition) is 0. The van der Waals surface area contributed by atoms with Gasteiger partial charge in [-0.15, -0.1) is 0 Å². The van der Waals surface area contributed by atoms with E-state index in [-0.39, 0.29) is 17.9 Å². The van der Waals surface area contributed by atoms with E-state index in [1.807, 2.05) is 30.3 Å². The molecular weight excluding hydrogens is 322 g/mol. The molecule has 4 aromatic rings. The molecule has 124 valence electrons. The summed E-state index contributed by atoms with van der Waals surface area (Å²) in [5.74, 6) is -0.542. The van der Waals surface area contributed by atoms with Gasteiger partial charge in [-0.05, 0) is 18.2 Å². The van der Waals surface area contributed by atoms with Crippen LogP contribution < -0.4 is 0 Å². The van der Waals surface area contributed by atoms with Gasteiger partial charge in [-0.25, -0.2) is 13.8 Å². The Labute approximate surface area is 143 Å². The van der Waals surface area contributed by atoms with Crippen molar-refractivity contribution in [1.29, 1.82) is 0 Å². The lowest BCUT2D eigenvalue weighted by Gasteiger charge is -2.09. The molecule has 25 heavy (non-hydrogen) atoms. The Morgan fingerprint density at radius 3 is 2.48 bits per heavy atom. The minimum absolute atomic E-state index is 0.153. The van der Waals surface area contributed by atoms with E-state index in [0.717, 1.165) is 5.56 Å². The van der Waals surface area contributed by atoms with Gasteiger partial charge in [0.25, 0.3) is 0 Å². The van der Waals surface area contributed by atoms with Crippen LogP contribution in [0.2, 0.25) is 0 Å². The Balaban J connectivity index is 1.74. The topological polar surface area (TPSA) is 31.0 Å². The molecule has 2 aromatic carbocycles. The van der Waals surface area contributed by atoms with Crippen molar-refractivity contribution in [3.63, 3.8) is 0 Å². The van der Waals surface area contributed by atoms with E-state index >= 15 is 0 Å². The van der Waals surface area contributed by atoms with Crippen LogP contribution in [-0.4, -0.2) is 9.55 Å². The third-order valence-corrected chi connectivity index (χ3v) is 3.99. The van der Waals surface area contributed by atoms with Gasteiger partial charge < -0.3 is 8.98 Å². The Bertz CT molecular complexity index is 992. The van der Waals surface area contributed by atoms with E-state index in [1.54, 1.807) is 35.4 Å². The van der Waals surface area contributed by atoms with Crippen molar-refractivity contribution in [3.8, 4) is 22.6 Å². The van der Waals surface area contributed by atoms with Gasteiger partial charge in [0.1, 0.15) is 23.2 Å². The molecule has 0 radical (unpaired) electrons. The number of halogens is 2.